The Balaban J connectivity index is 2.00. The van der Waals surface area contributed by atoms with Gasteiger partial charge >= 0.3 is 0 Å². The highest BCUT2D eigenvalue weighted by atomic mass is 19.1. The predicted molar refractivity (Wildman–Crippen MR) is 69.7 cm³/mol. The lowest BCUT2D eigenvalue weighted by Gasteiger charge is -2.08. The van der Waals surface area contributed by atoms with Crippen molar-refractivity contribution in [1.29, 1.82) is 0 Å². The maximum atomic E-state index is 13.4. The zero-order valence-corrected chi connectivity index (χ0v) is 10.6. The van der Waals surface area contributed by atoms with E-state index >= 15 is 0 Å². The Labute approximate surface area is 110 Å². The summed E-state index contributed by atoms with van der Waals surface area (Å²) in [6.07, 6.45) is 0. The monoisotopic (exact) mass is 263 g/mol. The summed E-state index contributed by atoms with van der Waals surface area (Å²) in [5.74, 6) is -0.711. The molecule has 2 rings (SSSR count). The van der Waals surface area contributed by atoms with Crippen LogP contribution < -0.4 is 5.32 Å². The second-order valence-corrected chi connectivity index (χ2v) is 4.47. The van der Waals surface area contributed by atoms with Crippen molar-refractivity contribution in [3.63, 3.8) is 0 Å². The van der Waals surface area contributed by atoms with Gasteiger partial charge in [0.05, 0.1) is 0 Å². The molecule has 2 nitrogen and oxygen atoms in total. The SMILES string of the molecule is Cc1ccc(O)c(CNCc2cc(F)ccc2F)c1. The quantitative estimate of drug-likeness (QED) is 0.887. The summed E-state index contributed by atoms with van der Waals surface area (Å²) < 4.78 is 26.4. The maximum absolute atomic E-state index is 13.4. The third kappa shape index (κ3) is 3.51. The molecular formula is C15H15F2NO. The second-order valence-electron chi connectivity index (χ2n) is 4.47. The second kappa shape index (κ2) is 5.80. The minimum Gasteiger partial charge on any atom is -0.508 e. The standard InChI is InChI=1S/C15H15F2NO/c1-10-2-5-15(19)12(6-10)9-18-8-11-7-13(16)3-4-14(11)17/h2-7,18-19H,8-9H2,1H3. The number of nitrogens with one attached hydrogen (secondary N) is 1. The van der Waals surface area contributed by atoms with Gasteiger partial charge in [0, 0.05) is 24.2 Å². The number of rotatable bonds is 4. The number of phenolic OH excluding ortho intramolecular Hbond substituents is 1. The molecule has 0 aliphatic rings. The van der Waals surface area contributed by atoms with Gasteiger partial charge in [-0.1, -0.05) is 17.7 Å². The van der Waals surface area contributed by atoms with Crippen molar-refractivity contribution >= 4 is 0 Å². The van der Waals surface area contributed by atoms with E-state index in [4.69, 9.17) is 0 Å². The normalized spacial score (nSPS) is 10.7. The molecule has 0 aromatic heterocycles. The van der Waals surface area contributed by atoms with Gasteiger partial charge in [0.2, 0.25) is 0 Å². The van der Waals surface area contributed by atoms with E-state index in [9.17, 15) is 13.9 Å². The summed E-state index contributed by atoms with van der Waals surface area (Å²) >= 11 is 0. The fourth-order valence-electron chi connectivity index (χ4n) is 1.87. The van der Waals surface area contributed by atoms with Crippen LogP contribution in [0.2, 0.25) is 0 Å². The molecule has 0 spiro atoms. The van der Waals surface area contributed by atoms with Crippen molar-refractivity contribution in [2.24, 2.45) is 0 Å². The molecule has 100 valence electrons. The topological polar surface area (TPSA) is 32.3 Å². The van der Waals surface area contributed by atoms with Crippen LogP contribution >= 0.6 is 0 Å². The molecule has 19 heavy (non-hydrogen) atoms. The smallest absolute Gasteiger partial charge is 0.127 e. The fourth-order valence-corrected chi connectivity index (χ4v) is 1.87. The first-order chi connectivity index (χ1) is 9.06. The first kappa shape index (κ1) is 13.5. The van der Waals surface area contributed by atoms with Crippen LogP contribution in [0.4, 0.5) is 8.78 Å². The van der Waals surface area contributed by atoms with Crippen LogP contribution in [0.5, 0.6) is 5.75 Å². The first-order valence-electron chi connectivity index (χ1n) is 5.99. The number of phenols is 1. The van der Waals surface area contributed by atoms with E-state index in [1.54, 1.807) is 6.07 Å². The average Bonchev–Trinajstić information content (AvgIpc) is 2.38. The Hall–Kier alpha value is -1.94. The predicted octanol–water partition coefficient (Wildman–Crippen LogP) is 3.27. The zero-order chi connectivity index (χ0) is 13.8. The van der Waals surface area contributed by atoms with Crippen LogP contribution in [0.3, 0.4) is 0 Å². The van der Waals surface area contributed by atoms with Crippen LogP contribution in [0.15, 0.2) is 36.4 Å². The third-order valence-electron chi connectivity index (χ3n) is 2.87. The molecule has 0 unspecified atom stereocenters. The summed E-state index contributed by atoms with van der Waals surface area (Å²) in [4.78, 5) is 0. The molecule has 0 atom stereocenters. The van der Waals surface area contributed by atoms with Gasteiger partial charge in [-0.2, -0.15) is 0 Å². The van der Waals surface area contributed by atoms with E-state index in [0.29, 0.717) is 6.54 Å². The van der Waals surface area contributed by atoms with E-state index in [1.807, 2.05) is 19.1 Å². The summed E-state index contributed by atoms with van der Waals surface area (Å²) in [5.41, 5.74) is 2.04. The van der Waals surface area contributed by atoms with Gasteiger partial charge in [-0.25, -0.2) is 8.78 Å². The molecular weight excluding hydrogens is 248 g/mol. The van der Waals surface area contributed by atoms with Crippen LogP contribution in [0, 0.1) is 18.6 Å². The van der Waals surface area contributed by atoms with E-state index in [-0.39, 0.29) is 17.9 Å². The molecule has 0 heterocycles. The van der Waals surface area contributed by atoms with Gasteiger partial charge < -0.3 is 10.4 Å². The van der Waals surface area contributed by atoms with Gasteiger partial charge in [0.15, 0.2) is 0 Å². The number of halogens is 2. The Morgan fingerprint density at radius 2 is 1.74 bits per heavy atom. The van der Waals surface area contributed by atoms with Crippen molar-refractivity contribution in [2.75, 3.05) is 0 Å². The molecule has 2 N–H and O–H groups in total. The molecule has 4 heteroatoms. The lowest BCUT2D eigenvalue weighted by Crippen LogP contribution is -2.14. The van der Waals surface area contributed by atoms with Crippen molar-refractivity contribution < 1.29 is 13.9 Å². The molecule has 0 fully saturated rings. The minimum atomic E-state index is -0.461. The van der Waals surface area contributed by atoms with Gasteiger partial charge in [0.1, 0.15) is 17.4 Å². The van der Waals surface area contributed by atoms with Gasteiger partial charge in [-0.05, 0) is 31.2 Å². The Morgan fingerprint density at radius 3 is 2.53 bits per heavy atom. The van der Waals surface area contributed by atoms with Crippen LogP contribution in [-0.2, 0) is 13.1 Å². The van der Waals surface area contributed by atoms with Crippen molar-refractivity contribution in [2.45, 2.75) is 20.0 Å². The number of hydrogen-bond acceptors (Lipinski definition) is 2. The number of hydrogen-bond donors (Lipinski definition) is 2. The van der Waals surface area contributed by atoms with Gasteiger partial charge in [-0.15, -0.1) is 0 Å². The molecule has 2 aromatic carbocycles. The fraction of sp³-hybridized carbons (Fsp3) is 0.200. The Bertz CT molecular complexity index is 533. The lowest BCUT2D eigenvalue weighted by molar-refractivity contribution is 0.463. The van der Waals surface area contributed by atoms with Crippen molar-refractivity contribution in [3.05, 3.63) is 64.7 Å². The largest absolute Gasteiger partial charge is 0.508 e. The van der Waals surface area contributed by atoms with E-state index in [1.165, 1.54) is 6.07 Å². The molecule has 0 saturated heterocycles. The Kier molecular flexibility index (Phi) is 4.12. The number of benzene rings is 2. The lowest BCUT2D eigenvalue weighted by atomic mass is 10.1. The van der Waals surface area contributed by atoms with E-state index < -0.39 is 11.6 Å². The highest BCUT2D eigenvalue weighted by Gasteiger charge is 2.05. The van der Waals surface area contributed by atoms with Crippen LogP contribution in [0.25, 0.3) is 0 Å². The first-order valence-corrected chi connectivity index (χ1v) is 5.99. The molecule has 0 saturated carbocycles. The Morgan fingerprint density at radius 1 is 1.00 bits per heavy atom. The van der Waals surface area contributed by atoms with E-state index in [0.717, 1.165) is 23.3 Å². The van der Waals surface area contributed by atoms with Crippen LogP contribution in [-0.4, -0.2) is 5.11 Å². The number of aromatic hydroxyl groups is 1. The summed E-state index contributed by atoms with van der Waals surface area (Å²) in [6.45, 7) is 2.52. The average molecular weight is 263 g/mol. The molecule has 0 aliphatic carbocycles. The molecule has 0 bridgehead atoms. The number of aryl methyl sites for hydroxylation is 1. The molecule has 0 aliphatic heterocycles. The summed E-state index contributed by atoms with van der Waals surface area (Å²) in [5, 5.41) is 12.6. The van der Waals surface area contributed by atoms with Crippen molar-refractivity contribution in [3.8, 4) is 5.75 Å². The highest BCUT2D eigenvalue weighted by Crippen LogP contribution is 2.18. The van der Waals surface area contributed by atoms with Crippen LogP contribution in [0.1, 0.15) is 16.7 Å². The van der Waals surface area contributed by atoms with Gasteiger partial charge in [-0.3, -0.25) is 0 Å². The third-order valence-corrected chi connectivity index (χ3v) is 2.87. The summed E-state index contributed by atoms with van der Waals surface area (Å²) in [6, 6.07) is 8.64. The minimum absolute atomic E-state index is 0.192. The highest BCUT2D eigenvalue weighted by molar-refractivity contribution is 5.35. The maximum Gasteiger partial charge on any atom is 0.127 e. The summed E-state index contributed by atoms with van der Waals surface area (Å²) in [7, 11) is 0. The molecule has 0 radical (unpaired) electrons. The van der Waals surface area contributed by atoms with Gasteiger partial charge in [0.25, 0.3) is 0 Å². The van der Waals surface area contributed by atoms with Crippen molar-refractivity contribution in [1.82, 2.24) is 5.32 Å². The van der Waals surface area contributed by atoms with E-state index in [2.05, 4.69) is 5.32 Å². The zero-order valence-electron chi connectivity index (χ0n) is 10.6. The molecule has 0 amide bonds. The molecule has 2 aromatic rings.